The van der Waals surface area contributed by atoms with Crippen LogP contribution in [-0.2, 0) is 6.42 Å². The Bertz CT molecular complexity index is 488. The summed E-state index contributed by atoms with van der Waals surface area (Å²) in [5.41, 5.74) is 8.03. The minimum Gasteiger partial charge on any atom is -0.398 e. The maximum atomic E-state index is 5.94. The molecule has 0 bridgehead atoms. The number of aromatic nitrogens is 1. The van der Waals surface area contributed by atoms with Crippen molar-refractivity contribution in [2.75, 3.05) is 11.5 Å². The number of thioether (sulfide) groups is 1. The second-order valence-electron chi connectivity index (χ2n) is 3.64. The zero-order chi connectivity index (χ0) is 12.1. The zero-order valence-corrected chi connectivity index (χ0v) is 11.7. The Morgan fingerprint density at radius 3 is 2.88 bits per heavy atom. The van der Waals surface area contributed by atoms with Crippen LogP contribution in [0.4, 0.5) is 5.69 Å². The van der Waals surface area contributed by atoms with Gasteiger partial charge in [0.15, 0.2) is 0 Å². The van der Waals surface area contributed by atoms with Gasteiger partial charge in [0.1, 0.15) is 0 Å². The molecule has 2 aromatic rings. The lowest BCUT2D eigenvalue weighted by atomic mass is 10.2. The Hall–Kier alpha value is -1.00. The lowest BCUT2D eigenvalue weighted by molar-refractivity contribution is 1.11. The molecule has 1 aromatic heterocycles. The van der Waals surface area contributed by atoms with E-state index in [1.807, 2.05) is 30.5 Å². The van der Waals surface area contributed by atoms with Crippen molar-refractivity contribution in [3.63, 3.8) is 0 Å². The molecule has 2 rings (SSSR count). The molecule has 1 heterocycles. The maximum Gasteiger partial charge on any atom is 0.0463 e. The predicted molar refractivity (Wildman–Crippen MR) is 77.2 cm³/mol. The molecular formula is C13H13BrN2S. The van der Waals surface area contributed by atoms with Crippen molar-refractivity contribution in [3.8, 4) is 0 Å². The number of nitrogen functional groups attached to an aromatic ring is 1. The third-order valence-electron chi connectivity index (χ3n) is 2.34. The van der Waals surface area contributed by atoms with E-state index in [1.165, 1.54) is 5.56 Å². The van der Waals surface area contributed by atoms with Gasteiger partial charge in [0.05, 0.1) is 0 Å². The second-order valence-corrected chi connectivity index (χ2v) is 5.69. The Morgan fingerprint density at radius 1 is 1.29 bits per heavy atom. The highest BCUT2D eigenvalue weighted by Gasteiger charge is 2.01. The smallest absolute Gasteiger partial charge is 0.0463 e. The first-order valence-electron chi connectivity index (χ1n) is 5.32. The summed E-state index contributed by atoms with van der Waals surface area (Å²) in [7, 11) is 0. The highest BCUT2D eigenvalue weighted by molar-refractivity contribution is 9.10. The van der Waals surface area contributed by atoms with Gasteiger partial charge in [-0.05, 0) is 36.2 Å². The highest BCUT2D eigenvalue weighted by Crippen LogP contribution is 2.28. The molecule has 2 N–H and O–H groups in total. The number of hydrogen-bond acceptors (Lipinski definition) is 3. The summed E-state index contributed by atoms with van der Waals surface area (Å²) in [5.74, 6) is 1.01. The number of halogens is 1. The number of nitrogens with two attached hydrogens (primary N) is 1. The summed E-state index contributed by atoms with van der Waals surface area (Å²) < 4.78 is 1.02. The summed E-state index contributed by atoms with van der Waals surface area (Å²) in [4.78, 5) is 5.24. The van der Waals surface area contributed by atoms with Gasteiger partial charge in [-0.2, -0.15) is 0 Å². The minimum absolute atomic E-state index is 0.829. The number of benzene rings is 1. The molecule has 88 valence electrons. The molecule has 0 aliphatic rings. The second kappa shape index (κ2) is 6.07. The van der Waals surface area contributed by atoms with Crippen LogP contribution in [0.15, 0.2) is 52.1 Å². The van der Waals surface area contributed by atoms with E-state index in [2.05, 4.69) is 27.0 Å². The first-order chi connectivity index (χ1) is 8.25. The molecule has 0 radical (unpaired) electrons. The molecule has 0 aliphatic heterocycles. The summed E-state index contributed by atoms with van der Waals surface area (Å²) in [6.07, 6.45) is 4.71. The van der Waals surface area contributed by atoms with Crippen LogP contribution in [0.3, 0.4) is 0 Å². The van der Waals surface area contributed by atoms with Crippen molar-refractivity contribution in [1.82, 2.24) is 4.98 Å². The highest BCUT2D eigenvalue weighted by atomic mass is 79.9. The van der Waals surface area contributed by atoms with Gasteiger partial charge < -0.3 is 5.73 Å². The third kappa shape index (κ3) is 3.75. The fourth-order valence-electron chi connectivity index (χ4n) is 1.48. The topological polar surface area (TPSA) is 38.9 Å². The fraction of sp³-hybridized carbons (Fsp3) is 0.154. The van der Waals surface area contributed by atoms with Crippen LogP contribution >= 0.6 is 27.7 Å². The minimum atomic E-state index is 0.829. The van der Waals surface area contributed by atoms with Crippen LogP contribution < -0.4 is 5.73 Å². The van der Waals surface area contributed by atoms with Crippen molar-refractivity contribution in [2.24, 2.45) is 0 Å². The number of pyridine rings is 1. The molecule has 4 heteroatoms. The van der Waals surface area contributed by atoms with Gasteiger partial charge in [-0.1, -0.05) is 22.0 Å². The van der Waals surface area contributed by atoms with E-state index < -0.39 is 0 Å². The Morgan fingerprint density at radius 2 is 2.18 bits per heavy atom. The standard InChI is InChI=1S/C13H13BrN2S/c14-11-3-4-13(12(15)8-11)17-7-5-10-2-1-6-16-9-10/h1-4,6,8-9H,5,7,15H2. The van der Waals surface area contributed by atoms with Crippen molar-refractivity contribution in [2.45, 2.75) is 11.3 Å². The molecule has 17 heavy (non-hydrogen) atoms. The van der Waals surface area contributed by atoms with Crippen LogP contribution in [0.5, 0.6) is 0 Å². The van der Waals surface area contributed by atoms with E-state index in [1.54, 1.807) is 18.0 Å². The average molecular weight is 309 g/mol. The molecule has 0 amide bonds. The first kappa shape index (κ1) is 12.5. The van der Waals surface area contributed by atoms with Gasteiger partial charge in [0.25, 0.3) is 0 Å². The summed E-state index contributed by atoms with van der Waals surface area (Å²) in [5, 5.41) is 0. The molecule has 0 saturated heterocycles. The number of rotatable bonds is 4. The van der Waals surface area contributed by atoms with Gasteiger partial charge >= 0.3 is 0 Å². The molecule has 1 aromatic carbocycles. The average Bonchev–Trinajstić information content (AvgIpc) is 2.33. The van der Waals surface area contributed by atoms with E-state index >= 15 is 0 Å². The molecular weight excluding hydrogens is 296 g/mol. The summed E-state index contributed by atoms with van der Waals surface area (Å²) in [6.45, 7) is 0. The predicted octanol–water partition coefficient (Wildman–Crippen LogP) is 3.76. The van der Waals surface area contributed by atoms with Crippen molar-refractivity contribution < 1.29 is 0 Å². The molecule has 2 nitrogen and oxygen atoms in total. The quantitative estimate of drug-likeness (QED) is 0.690. The normalized spacial score (nSPS) is 10.4. The molecule has 0 spiro atoms. The van der Waals surface area contributed by atoms with Crippen molar-refractivity contribution in [3.05, 3.63) is 52.8 Å². The lowest BCUT2D eigenvalue weighted by Crippen LogP contribution is -1.92. The maximum absolute atomic E-state index is 5.94. The van der Waals surface area contributed by atoms with Crippen LogP contribution in [-0.4, -0.2) is 10.7 Å². The van der Waals surface area contributed by atoms with E-state index in [9.17, 15) is 0 Å². The lowest BCUT2D eigenvalue weighted by Gasteiger charge is -2.05. The Balaban J connectivity index is 1.90. The monoisotopic (exact) mass is 308 g/mol. The molecule has 0 unspecified atom stereocenters. The van der Waals surface area contributed by atoms with E-state index in [0.29, 0.717) is 0 Å². The van der Waals surface area contributed by atoms with Gasteiger partial charge in [-0.3, -0.25) is 4.98 Å². The SMILES string of the molecule is Nc1cc(Br)ccc1SCCc1cccnc1. The van der Waals surface area contributed by atoms with Crippen LogP contribution in [0, 0.1) is 0 Å². The Kier molecular flexibility index (Phi) is 4.45. The van der Waals surface area contributed by atoms with Crippen LogP contribution in [0.1, 0.15) is 5.56 Å². The van der Waals surface area contributed by atoms with E-state index in [4.69, 9.17) is 5.73 Å². The summed E-state index contributed by atoms with van der Waals surface area (Å²) in [6, 6.07) is 10.1. The molecule has 0 saturated carbocycles. The number of anilines is 1. The van der Waals surface area contributed by atoms with Gasteiger partial charge in [-0.15, -0.1) is 11.8 Å². The number of aryl methyl sites for hydroxylation is 1. The first-order valence-corrected chi connectivity index (χ1v) is 7.10. The molecule has 0 atom stereocenters. The van der Waals surface area contributed by atoms with Crippen molar-refractivity contribution >= 4 is 33.4 Å². The van der Waals surface area contributed by atoms with E-state index in [0.717, 1.165) is 27.2 Å². The van der Waals surface area contributed by atoms with Gasteiger partial charge in [-0.25, -0.2) is 0 Å². The molecule has 0 aliphatic carbocycles. The van der Waals surface area contributed by atoms with Crippen molar-refractivity contribution in [1.29, 1.82) is 0 Å². The summed E-state index contributed by atoms with van der Waals surface area (Å²) >= 11 is 5.18. The number of nitrogens with zero attached hydrogens (tertiary/aromatic N) is 1. The third-order valence-corrected chi connectivity index (χ3v) is 3.93. The van der Waals surface area contributed by atoms with E-state index in [-0.39, 0.29) is 0 Å². The van der Waals surface area contributed by atoms with Gasteiger partial charge in [0.2, 0.25) is 0 Å². The largest absolute Gasteiger partial charge is 0.398 e. The fourth-order valence-corrected chi connectivity index (χ4v) is 2.80. The Labute approximate surface area is 114 Å². The van der Waals surface area contributed by atoms with Crippen LogP contribution in [0.25, 0.3) is 0 Å². The zero-order valence-electron chi connectivity index (χ0n) is 9.27. The molecule has 0 fully saturated rings. The van der Waals surface area contributed by atoms with Crippen LogP contribution in [0.2, 0.25) is 0 Å². The number of hydrogen-bond donors (Lipinski definition) is 1. The van der Waals surface area contributed by atoms with Gasteiger partial charge in [0, 0.05) is 33.2 Å².